The van der Waals surface area contributed by atoms with Gasteiger partial charge in [0.1, 0.15) is 17.1 Å². The van der Waals surface area contributed by atoms with Crippen molar-refractivity contribution >= 4 is 6.03 Å². The van der Waals surface area contributed by atoms with Gasteiger partial charge in [-0.25, -0.2) is 4.79 Å². The van der Waals surface area contributed by atoms with Gasteiger partial charge in [-0.2, -0.15) is 0 Å². The van der Waals surface area contributed by atoms with E-state index in [4.69, 9.17) is 4.42 Å². The van der Waals surface area contributed by atoms with Crippen molar-refractivity contribution in [2.24, 2.45) is 0 Å². The zero-order chi connectivity index (χ0) is 15.5. The van der Waals surface area contributed by atoms with E-state index in [1.54, 1.807) is 13.0 Å². The van der Waals surface area contributed by atoms with Gasteiger partial charge in [0.2, 0.25) is 0 Å². The summed E-state index contributed by atoms with van der Waals surface area (Å²) < 4.78 is 5.43. The monoisotopic (exact) mass is 292 g/mol. The number of nitrogens with one attached hydrogen (secondary N) is 2. The molecule has 0 aliphatic heterocycles. The molecule has 0 saturated heterocycles. The lowest BCUT2D eigenvalue weighted by Crippen LogP contribution is -2.46. The van der Waals surface area contributed by atoms with Crippen LogP contribution in [0.5, 0.6) is 0 Å². The van der Waals surface area contributed by atoms with Crippen LogP contribution in [0.2, 0.25) is 0 Å². The van der Waals surface area contributed by atoms with Crippen LogP contribution in [0.25, 0.3) is 0 Å². The Hall–Kier alpha value is -1.75. The van der Waals surface area contributed by atoms with Gasteiger partial charge >= 0.3 is 6.03 Å². The van der Waals surface area contributed by atoms with E-state index >= 15 is 0 Å². The fourth-order valence-corrected chi connectivity index (χ4v) is 2.67. The lowest BCUT2D eigenvalue weighted by molar-refractivity contribution is 0.0578. The second kappa shape index (κ2) is 6.35. The lowest BCUT2D eigenvalue weighted by atomic mass is 9.96. The summed E-state index contributed by atoms with van der Waals surface area (Å²) in [5, 5.41) is 16.1. The molecule has 5 nitrogen and oxygen atoms in total. The largest absolute Gasteiger partial charge is 0.466 e. The first-order valence-electron chi connectivity index (χ1n) is 7.39. The second-order valence-corrected chi connectivity index (χ2v) is 5.89. The number of furan rings is 1. The first-order chi connectivity index (χ1) is 9.88. The van der Waals surface area contributed by atoms with Crippen LogP contribution in [0.4, 0.5) is 4.79 Å². The molecule has 0 spiro atoms. The van der Waals surface area contributed by atoms with Crippen molar-refractivity contribution in [1.82, 2.24) is 10.6 Å². The molecule has 2 rings (SSSR count). The average molecular weight is 292 g/mol. The number of carbonyl (C=O) groups is 1. The van der Waals surface area contributed by atoms with Crippen LogP contribution in [0.3, 0.4) is 0 Å². The predicted molar refractivity (Wildman–Crippen MR) is 81.1 cm³/mol. The summed E-state index contributed by atoms with van der Waals surface area (Å²) in [5.74, 6) is 1.43. The van der Waals surface area contributed by atoms with Crippen molar-refractivity contribution in [2.45, 2.75) is 51.7 Å². The van der Waals surface area contributed by atoms with E-state index in [2.05, 4.69) is 16.7 Å². The highest BCUT2D eigenvalue weighted by Crippen LogP contribution is 2.26. The fourth-order valence-electron chi connectivity index (χ4n) is 2.67. The number of amides is 2. The normalized spacial score (nSPS) is 20.9. The van der Waals surface area contributed by atoms with E-state index in [1.807, 2.05) is 19.9 Å². The van der Waals surface area contributed by atoms with Crippen LogP contribution in [0.1, 0.15) is 43.3 Å². The smallest absolute Gasteiger partial charge is 0.315 e. The Morgan fingerprint density at radius 3 is 2.86 bits per heavy atom. The Morgan fingerprint density at radius 1 is 1.52 bits per heavy atom. The molecule has 5 heteroatoms. The molecule has 3 N–H and O–H groups in total. The summed E-state index contributed by atoms with van der Waals surface area (Å²) in [6.07, 6.45) is 7.23. The maximum Gasteiger partial charge on any atom is 0.315 e. The summed E-state index contributed by atoms with van der Waals surface area (Å²) >= 11 is 0. The van der Waals surface area contributed by atoms with E-state index in [0.29, 0.717) is 11.3 Å². The van der Waals surface area contributed by atoms with Gasteiger partial charge in [-0.1, -0.05) is 12.2 Å². The van der Waals surface area contributed by atoms with Gasteiger partial charge in [0, 0.05) is 11.6 Å². The molecule has 2 unspecified atom stereocenters. The molecule has 1 aromatic heterocycles. The van der Waals surface area contributed by atoms with E-state index in [9.17, 15) is 9.90 Å². The Balaban J connectivity index is 1.89. The molecule has 0 radical (unpaired) electrons. The quantitative estimate of drug-likeness (QED) is 0.746. The number of aliphatic hydroxyl groups is 1. The van der Waals surface area contributed by atoms with Crippen LogP contribution < -0.4 is 10.6 Å². The van der Waals surface area contributed by atoms with Crippen LogP contribution in [0, 0.1) is 13.8 Å². The SMILES string of the molecule is Cc1cc(C(C)(O)CNC(=O)NC2C=CCCC2)c(C)o1. The predicted octanol–water partition coefficient (Wildman–Crippen LogP) is 2.51. The first-order valence-corrected chi connectivity index (χ1v) is 7.39. The molecule has 2 amide bonds. The number of carbonyl (C=O) groups excluding carboxylic acids is 1. The minimum atomic E-state index is -1.15. The highest BCUT2D eigenvalue weighted by molar-refractivity contribution is 5.74. The molecule has 1 aromatic rings. The number of aryl methyl sites for hydroxylation is 2. The standard InChI is InChI=1S/C16H24N2O3/c1-11-9-14(12(2)21-11)16(3,20)10-17-15(19)18-13-7-5-4-6-8-13/h5,7,9,13,20H,4,6,8,10H2,1-3H3,(H2,17,18,19). The highest BCUT2D eigenvalue weighted by Gasteiger charge is 2.28. The molecule has 1 aliphatic rings. The molecular weight excluding hydrogens is 268 g/mol. The van der Waals surface area contributed by atoms with Gasteiger partial charge in [0.05, 0.1) is 6.54 Å². The summed E-state index contributed by atoms with van der Waals surface area (Å²) in [5.41, 5.74) is -0.445. The summed E-state index contributed by atoms with van der Waals surface area (Å²) in [6.45, 7) is 5.45. The van der Waals surface area contributed by atoms with Crippen molar-refractivity contribution in [3.63, 3.8) is 0 Å². The Morgan fingerprint density at radius 2 is 2.29 bits per heavy atom. The Bertz CT molecular complexity index is 532. The maximum atomic E-state index is 11.9. The van der Waals surface area contributed by atoms with E-state index in [0.717, 1.165) is 25.0 Å². The molecule has 116 valence electrons. The molecule has 0 fully saturated rings. The van der Waals surface area contributed by atoms with Crippen molar-refractivity contribution in [3.8, 4) is 0 Å². The summed E-state index contributed by atoms with van der Waals surface area (Å²) in [4.78, 5) is 11.9. The maximum absolute atomic E-state index is 11.9. The summed E-state index contributed by atoms with van der Waals surface area (Å²) in [6, 6.07) is 1.63. The molecule has 1 aliphatic carbocycles. The third kappa shape index (κ3) is 4.11. The molecule has 0 bridgehead atoms. The number of allylic oxidation sites excluding steroid dienone is 1. The van der Waals surface area contributed by atoms with Crippen LogP contribution in [-0.4, -0.2) is 23.7 Å². The average Bonchev–Trinajstić information content (AvgIpc) is 2.78. The number of rotatable bonds is 4. The zero-order valence-electron chi connectivity index (χ0n) is 12.9. The Kier molecular flexibility index (Phi) is 4.73. The molecule has 2 atom stereocenters. The van der Waals surface area contributed by atoms with Crippen LogP contribution in [-0.2, 0) is 5.60 Å². The molecule has 0 saturated carbocycles. The van der Waals surface area contributed by atoms with E-state index in [1.165, 1.54) is 0 Å². The van der Waals surface area contributed by atoms with E-state index in [-0.39, 0.29) is 18.6 Å². The topological polar surface area (TPSA) is 74.5 Å². The van der Waals surface area contributed by atoms with Gasteiger partial charge in [-0.05, 0) is 46.1 Å². The first kappa shape index (κ1) is 15.6. The van der Waals surface area contributed by atoms with Crippen molar-refractivity contribution in [3.05, 3.63) is 35.3 Å². The van der Waals surface area contributed by atoms with Gasteiger partial charge in [-0.3, -0.25) is 0 Å². The van der Waals surface area contributed by atoms with Crippen LogP contribution in [0.15, 0.2) is 22.6 Å². The third-order valence-electron chi connectivity index (χ3n) is 3.79. The Labute approximate surface area is 125 Å². The highest BCUT2D eigenvalue weighted by atomic mass is 16.3. The second-order valence-electron chi connectivity index (χ2n) is 5.89. The number of hydrogen-bond donors (Lipinski definition) is 3. The summed E-state index contributed by atoms with van der Waals surface area (Å²) in [7, 11) is 0. The van der Waals surface area contributed by atoms with Crippen molar-refractivity contribution < 1.29 is 14.3 Å². The van der Waals surface area contributed by atoms with Gasteiger partial charge in [-0.15, -0.1) is 0 Å². The van der Waals surface area contributed by atoms with Crippen molar-refractivity contribution in [2.75, 3.05) is 6.54 Å². The zero-order valence-corrected chi connectivity index (χ0v) is 12.9. The fraction of sp³-hybridized carbons (Fsp3) is 0.562. The van der Waals surface area contributed by atoms with Crippen LogP contribution >= 0.6 is 0 Å². The molecule has 0 aromatic carbocycles. The van der Waals surface area contributed by atoms with Gasteiger partial charge < -0.3 is 20.2 Å². The molecular formula is C16H24N2O3. The number of hydrogen-bond acceptors (Lipinski definition) is 3. The van der Waals surface area contributed by atoms with Gasteiger partial charge in [0.15, 0.2) is 0 Å². The molecule has 21 heavy (non-hydrogen) atoms. The minimum Gasteiger partial charge on any atom is -0.466 e. The molecule has 1 heterocycles. The van der Waals surface area contributed by atoms with E-state index < -0.39 is 5.60 Å². The van der Waals surface area contributed by atoms with Gasteiger partial charge in [0.25, 0.3) is 0 Å². The lowest BCUT2D eigenvalue weighted by Gasteiger charge is -2.24. The third-order valence-corrected chi connectivity index (χ3v) is 3.79. The van der Waals surface area contributed by atoms with Crippen molar-refractivity contribution in [1.29, 1.82) is 0 Å². The number of urea groups is 1. The minimum absolute atomic E-state index is 0.0848.